The lowest BCUT2D eigenvalue weighted by Gasteiger charge is -2.09. The fourth-order valence-electron chi connectivity index (χ4n) is 1.20. The molecular formula is C10H10FN5S. The molecule has 2 N–H and O–H groups in total. The van der Waals surface area contributed by atoms with Gasteiger partial charge in [-0.05, 0) is 29.9 Å². The lowest BCUT2D eigenvalue weighted by Crippen LogP contribution is -2.32. The minimum Gasteiger partial charge on any atom is -0.357 e. The van der Waals surface area contributed by atoms with Gasteiger partial charge in [0.25, 0.3) is 0 Å². The van der Waals surface area contributed by atoms with Crippen LogP contribution in [0.2, 0.25) is 0 Å². The molecule has 1 heterocycles. The van der Waals surface area contributed by atoms with Crippen LogP contribution in [-0.2, 0) is 6.54 Å². The van der Waals surface area contributed by atoms with Gasteiger partial charge in [0.05, 0.1) is 0 Å². The number of halogens is 1. The molecule has 0 fully saturated rings. The third kappa shape index (κ3) is 3.49. The zero-order chi connectivity index (χ0) is 12.1. The van der Waals surface area contributed by atoms with Crippen LogP contribution in [0.4, 0.5) is 4.39 Å². The number of hydrogen-bond acceptors (Lipinski definition) is 3. The van der Waals surface area contributed by atoms with E-state index < -0.39 is 0 Å². The van der Waals surface area contributed by atoms with Crippen molar-refractivity contribution >= 4 is 17.3 Å². The van der Waals surface area contributed by atoms with Crippen LogP contribution in [0.25, 0.3) is 0 Å². The maximum absolute atomic E-state index is 12.7. The molecule has 0 aliphatic rings. The van der Waals surface area contributed by atoms with Crippen molar-refractivity contribution in [1.82, 2.24) is 20.2 Å². The van der Waals surface area contributed by atoms with Crippen molar-refractivity contribution in [1.29, 1.82) is 0 Å². The van der Waals surface area contributed by atoms with E-state index in [-0.39, 0.29) is 5.82 Å². The van der Waals surface area contributed by atoms with Gasteiger partial charge in [0, 0.05) is 6.54 Å². The van der Waals surface area contributed by atoms with E-state index in [2.05, 4.69) is 20.9 Å². The first-order valence-electron chi connectivity index (χ1n) is 4.88. The number of rotatable bonds is 3. The van der Waals surface area contributed by atoms with Gasteiger partial charge in [0.15, 0.2) is 5.11 Å². The number of benzene rings is 1. The van der Waals surface area contributed by atoms with Crippen LogP contribution in [0.5, 0.6) is 0 Å². The van der Waals surface area contributed by atoms with Gasteiger partial charge in [-0.15, -0.1) is 10.2 Å². The fraction of sp³-hybridized carbons (Fsp3) is 0.100. The summed E-state index contributed by atoms with van der Waals surface area (Å²) in [6.45, 7) is 0.522. The molecular weight excluding hydrogens is 241 g/mol. The molecule has 0 aliphatic heterocycles. The number of thiocarbonyl (C=S) groups is 1. The summed E-state index contributed by atoms with van der Waals surface area (Å²) >= 11 is 5.05. The summed E-state index contributed by atoms with van der Waals surface area (Å²) in [5, 5.41) is 10.7. The second kappa shape index (κ2) is 5.35. The molecule has 0 aliphatic carbocycles. The minimum atomic E-state index is -0.251. The van der Waals surface area contributed by atoms with Crippen molar-refractivity contribution < 1.29 is 4.39 Å². The molecule has 2 rings (SSSR count). The molecule has 0 saturated heterocycles. The van der Waals surface area contributed by atoms with Crippen LogP contribution in [0.15, 0.2) is 36.9 Å². The Kier molecular flexibility index (Phi) is 3.61. The summed E-state index contributed by atoms with van der Waals surface area (Å²) in [5.41, 5.74) is 3.79. The Labute approximate surface area is 103 Å². The SMILES string of the molecule is Fc1ccc(CNC(=S)Nn2cnnc2)cc1. The largest absolute Gasteiger partial charge is 0.357 e. The highest BCUT2D eigenvalue weighted by Crippen LogP contribution is 2.01. The molecule has 0 amide bonds. The highest BCUT2D eigenvalue weighted by molar-refractivity contribution is 7.80. The first-order chi connectivity index (χ1) is 8.24. The van der Waals surface area contributed by atoms with Gasteiger partial charge < -0.3 is 5.32 Å². The Morgan fingerprint density at radius 1 is 1.24 bits per heavy atom. The van der Waals surface area contributed by atoms with E-state index in [9.17, 15) is 4.39 Å². The molecule has 0 spiro atoms. The van der Waals surface area contributed by atoms with Crippen LogP contribution in [0, 0.1) is 5.82 Å². The lowest BCUT2D eigenvalue weighted by molar-refractivity contribution is 0.626. The van der Waals surface area contributed by atoms with Crippen LogP contribution < -0.4 is 10.7 Å². The number of nitrogens with zero attached hydrogens (tertiary/aromatic N) is 3. The van der Waals surface area contributed by atoms with Crippen LogP contribution in [0.1, 0.15) is 5.56 Å². The third-order valence-electron chi connectivity index (χ3n) is 2.02. The summed E-state index contributed by atoms with van der Waals surface area (Å²) in [6, 6.07) is 6.22. The standard InChI is InChI=1S/C10H10FN5S/c11-9-3-1-8(2-4-9)5-12-10(17)15-16-6-13-14-7-16/h1-4,6-7H,5H2,(H2,12,15,17). The van der Waals surface area contributed by atoms with Crippen molar-refractivity contribution in [2.75, 3.05) is 5.43 Å². The summed E-state index contributed by atoms with van der Waals surface area (Å²) in [7, 11) is 0. The number of nitrogens with one attached hydrogen (secondary N) is 2. The molecule has 0 atom stereocenters. The van der Waals surface area contributed by atoms with Gasteiger partial charge in [-0.1, -0.05) is 12.1 Å². The minimum absolute atomic E-state index is 0.251. The van der Waals surface area contributed by atoms with E-state index >= 15 is 0 Å². The fourth-order valence-corrected chi connectivity index (χ4v) is 1.38. The van der Waals surface area contributed by atoms with Gasteiger partial charge in [-0.3, -0.25) is 5.43 Å². The van der Waals surface area contributed by atoms with E-state index in [0.717, 1.165) is 5.56 Å². The predicted molar refractivity (Wildman–Crippen MR) is 65.2 cm³/mol. The zero-order valence-electron chi connectivity index (χ0n) is 8.80. The van der Waals surface area contributed by atoms with Crippen molar-refractivity contribution in [3.8, 4) is 0 Å². The molecule has 0 saturated carbocycles. The van der Waals surface area contributed by atoms with Gasteiger partial charge in [-0.25, -0.2) is 9.07 Å². The van der Waals surface area contributed by atoms with Crippen molar-refractivity contribution in [3.63, 3.8) is 0 Å². The highest BCUT2D eigenvalue weighted by atomic mass is 32.1. The van der Waals surface area contributed by atoms with Gasteiger partial charge >= 0.3 is 0 Å². The first kappa shape index (κ1) is 11.5. The topological polar surface area (TPSA) is 54.8 Å². The van der Waals surface area contributed by atoms with Gasteiger partial charge in [-0.2, -0.15) is 0 Å². The molecule has 2 aromatic rings. The Morgan fingerprint density at radius 2 is 1.88 bits per heavy atom. The van der Waals surface area contributed by atoms with E-state index in [0.29, 0.717) is 11.7 Å². The van der Waals surface area contributed by atoms with Crippen LogP contribution in [-0.4, -0.2) is 20.0 Å². The third-order valence-corrected chi connectivity index (χ3v) is 2.25. The lowest BCUT2D eigenvalue weighted by atomic mass is 10.2. The Balaban J connectivity index is 1.82. The average Bonchev–Trinajstić information content (AvgIpc) is 2.81. The van der Waals surface area contributed by atoms with E-state index in [1.807, 2.05) is 0 Å². The monoisotopic (exact) mass is 251 g/mol. The van der Waals surface area contributed by atoms with E-state index in [4.69, 9.17) is 12.2 Å². The molecule has 17 heavy (non-hydrogen) atoms. The smallest absolute Gasteiger partial charge is 0.186 e. The summed E-state index contributed by atoms with van der Waals surface area (Å²) in [4.78, 5) is 0. The Morgan fingerprint density at radius 3 is 2.53 bits per heavy atom. The maximum Gasteiger partial charge on any atom is 0.186 e. The van der Waals surface area contributed by atoms with Gasteiger partial charge in [0.1, 0.15) is 18.5 Å². The molecule has 0 unspecified atom stereocenters. The first-order valence-corrected chi connectivity index (χ1v) is 5.29. The molecule has 7 heteroatoms. The van der Waals surface area contributed by atoms with Crippen LogP contribution in [0.3, 0.4) is 0 Å². The summed E-state index contributed by atoms with van der Waals surface area (Å²) in [6.07, 6.45) is 2.98. The van der Waals surface area contributed by atoms with E-state index in [1.54, 1.807) is 12.1 Å². The normalized spacial score (nSPS) is 9.94. The quantitative estimate of drug-likeness (QED) is 0.798. The molecule has 0 bridgehead atoms. The maximum atomic E-state index is 12.7. The van der Waals surface area contributed by atoms with Crippen molar-refractivity contribution in [2.45, 2.75) is 6.54 Å². The average molecular weight is 251 g/mol. The number of hydrogen-bond donors (Lipinski definition) is 2. The Hall–Kier alpha value is -2.02. The predicted octanol–water partition coefficient (Wildman–Crippen LogP) is 1.04. The number of aromatic nitrogens is 3. The second-order valence-electron chi connectivity index (χ2n) is 3.29. The Bertz CT molecular complexity index is 482. The molecule has 0 radical (unpaired) electrons. The van der Waals surface area contributed by atoms with Crippen molar-refractivity contribution in [2.24, 2.45) is 0 Å². The van der Waals surface area contributed by atoms with Gasteiger partial charge in [0.2, 0.25) is 0 Å². The summed E-state index contributed by atoms with van der Waals surface area (Å²) < 4.78 is 14.2. The van der Waals surface area contributed by atoms with Crippen molar-refractivity contribution in [3.05, 3.63) is 48.3 Å². The second-order valence-corrected chi connectivity index (χ2v) is 3.70. The molecule has 5 nitrogen and oxygen atoms in total. The summed E-state index contributed by atoms with van der Waals surface area (Å²) in [5.74, 6) is -0.251. The van der Waals surface area contributed by atoms with E-state index in [1.165, 1.54) is 29.5 Å². The molecule has 1 aromatic heterocycles. The zero-order valence-corrected chi connectivity index (χ0v) is 9.62. The molecule has 88 valence electrons. The van der Waals surface area contributed by atoms with Crippen LogP contribution >= 0.6 is 12.2 Å². The molecule has 1 aromatic carbocycles. The highest BCUT2D eigenvalue weighted by Gasteiger charge is 1.97.